The van der Waals surface area contributed by atoms with Crippen molar-refractivity contribution in [2.24, 2.45) is 0 Å². The lowest BCUT2D eigenvalue weighted by Crippen LogP contribution is -2.27. The second-order valence-corrected chi connectivity index (χ2v) is 4.72. The van der Waals surface area contributed by atoms with E-state index < -0.39 is 16.7 Å². The molecule has 1 rings (SSSR count). The second kappa shape index (κ2) is 7.57. The number of esters is 1. The molecule has 0 heterocycles. The number of carbonyl (C=O) groups excluding carboxylic acids is 1. The van der Waals surface area contributed by atoms with E-state index in [1.165, 1.54) is 5.56 Å². The van der Waals surface area contributed by atoms with Crippen LogP contribution in [-0.2, 0) is 16.0 Å². The van der Waals surface area contributed by atoms with Gasteiger partial charge in [0.15, 0.2) is 0 Å². The number of benzene rings is 1. The summed E-state index contributed by atoms with van der Waals surface area (Å²) < 4.78 is 4.82. The Labute approximate surface area is 112 Å². The Morgan fingerprint density at radius 3 is 2.53 bits per heavy atom. The highest BCUT2D eigenvalue weighted by atomic mass is 35.5. The highest BCUT2D eigenvalue weighted by Crippen LogP contribution is 2.18. The van der Waals surface area contributed by atoms with Gasteiger partial charge in [-0.1, -0.05) is 30.3 Å². The first-order valence-corrected chi connectivity index (χ1v) is 6.51. The van der Waals surface area contributed by atoms with Gasteiger partial charge in [-0.2, -0.15) is 0 Å². The zero-order valence-electron chi connectivity index (χ0n) is 9.74. The molecule has 0 spiro atoms. The zero-order valence-corrected chi connectivity index (χ0v) is 11.2. The lowest BCUT2D eigenvalue weighted by Gasteiger charge is -2.14. The van der Waals surface area contributed by atoms with Gasteiger partial charge in [-0.3, -0.25) is 4.79 Å². The highest BCUT2D eigenvalue weighted by molar-refractivity contribution is 6.36. The Balaban J connectivity index is 2.39. The summed E-state index contributed by atoms with van der Waals surface area (Å²) in [5, 5.41) is -1.18. The van der Waals surface area contributed by atoms with E-state index in [0.717, 1.165) is 6.42 Å². The summed E-state index contributed by atoms with van der Waals surface area (Å²) in [6.45, 7) is 2.07. The molecule has 0 fully saturated rings. The molecule has 0 aliphatic carbocycles. The second-order valence-electron chi connectivity index (χ2n) is 3.69. The largest absolute Gasteiger partial charge is 0.465 e. The Hall–Kier alpha value is -0.730. The SMILES string of the molecule is CCOC(=O)[C@H](Cl)[C@H](Cl)CCc1ccccc1. The maximum atomic E-state index is 11.4. The minimum absolute atomic E-state index is 0.324. The predicted octanol–water partition coefficient (Wildman–Crippen LogP) is 3.40. The van der Waals surface area contributed by atoms with E-state index in [0.29, 0.717) is 13.0 Å². The number of halogens is 2. The van der Waals surface area contributed by atoms with Gasteiger partial charge < -0.3 is 4.74 Å². The minimum Gasteiger partial charge on any atom is -0.465 e. The molecule has 0 radical (unpaired) electrons. The van der Waals surface area contributed by atoms with Crippen LogP contribution in [0.3, 0.4) is 0 Å². The topological polar surface area (TPSA) is 26.3 Å². The molecule has 0 amide bonds. The van der Waals surface area contributed by atoms with Gasteiger partial charge in [0, 0.05) is 0 Å². The summed E-state index contributed by atoms with van der Waals surface area (Å²) in [5.74, 6) is -0.442. The summed E-state index contributed by atoms with van der Waals surface area (Å²) in [6.07, 6.45) is 1.45. The van der Waals surface area contributed by atoms with Crippen molar-refractivity contribution in [2.75, 3.05) is 6.61 Å². The maximum absolute atomic E-state index is 11.4. The molecule has 1 aromatic carbocycles. The van der Waals surface area contributed by atoms with E-state index in [9.17, 15) is 4.79 Å². The van der Waals surface area contributed by atoms with Crippen molar-refractivity contribution >= 4 is 29.2 Å². The number of hydrogen-bond acceptors (Lipinski definition) is 2. The number of carbonyl (C=O) groups is 1. The fraction of sp³-hybridized carbons (Fsp3) is 0.462. The van der Waals surface area contributed by atoms with Gasteiger partial charge >= 0.3 is 5.97 Å². The summed E-state index contributed by atoms with van der Waals surface area (Å²) in [4.78, 5) is 11.4. The quantitative estimate of drug-likeness (QED) is 0.587. The molecule has 0 aliphatic rings. The normalized spacial score (nSPS) is 14.1. The van der Waals surface area contributed by atoms with Gasteiger partial charge in [0.05, 0.1) is 12.0 Å². The van der Waals surface area contributed by atoms with Crippen LogP contribution in [0.5, 0.6) is 0 Å². The summed E-state index contributed by atoms with van der Waals surface area (Å²) in [7, 11) is 0. The molecule has 2 nitrogen and oxygen atoms in total. The molecule has 2 atom stereocenters. The van der Waals surface area contributed by atoms with Gasteiger partial charge in [0.1, 0.15) is 5.38 Å². The lowest BCUT2D eigenvalue weighted by molar-refractivity contribution is -0.142. The van der Waals surface area contributed by atoms with Crippen molar-refractivity contribution in [1.29, 1.82) is 0 Å². The molecule has 0 aliphatic heterocycles. The van der Waals surface area contributed by atoms with Crippen molar-refractivity contribution in [3.05, 3.63) is 35.9 Å². The third-order valence-electron chi connectivity index (χ3n) is 2.38. The van der Waals surface area contributed by atoms with Gasteiger partial charge in [0.25, 0.3) is 0 Å². The highest BCUT2D eigenvalue weighted by Gasteiger charge is 2.25. The minimum atomic E-state index is -0.777. The van der Waals surface area contributed by atoms with E-state index in [1.807, 2.05) is 30.3 Å². The molecule has 1 aromatic rings. The third kappa shape index (κ3) is 4.97. The third-order valence-corrected chi connectivity index (χ3v) is 3.46. The van der Waals surface area contributed by atoms with Crippen molar-refractivity contribution in [2.45, 2.75) is 30.5 Å². The van der Waals surface area contributed by atoms with Crippen molar-refractivity contribution < 1.29 is 9.53 Å². The van der Waals surface area contributed by atoms with Crippen molar-refractivity contribution in [3.63, 3.8) is 0 Å². The number of rotatable bonds is 6. The number of ether oxygens (including phenoxy) is 1. The molecule has 0 bridgehead atoms. The van der Waals surface area contributed by atoms with E-state index in [1.54, 1.807) is 6.92 Å². The first kappa shape index (κ1) is 14.3. The van der Waals surface area contributed by atoms with Gasteiger partial charge in [-0.15, -0.1) is 23.2 Å². The van der Waals surface area contributed by atoms with Crippen LogP contribution in [0.1, 0.15) is 18.9 Å². The molecule has 17 heavy (non-hydrogen) atoms. The molecular formula is C13H16Cl2O2. The lowest BCUT2D eigenvalue weighted by atomic mass is 10.1. The van der Waals surface area contributed by atoms with E-state index >= 15 is 0 Å². The predicted molar refractivity (Wildman–Crippen MR) is 70.7 cm³/mol. The van der Waals surface area contributed by atoms with Crippen LogP contribution in [0.15, 0.2) is 30.3 Å². The van der Waals surface area contributed by atoms with Gasteiger partial charge in [0.2, 0.25) is 0 Å². The van der Waals surface area contributed by atoms with Gasteiger partial charge in [-0.05, 0) is 25.3 Å². The fourth-order valence-corrected chi connectivity index (χ4v) is 1.87. The first-order chi connectivity index (χ1) is 8.15. The fourth-order valence-electron chi connectivity index (χ4n) is 1.47. The monoisotopic (exact) mass is 274 g/mol. The zero-order chi connectivity index (χ0) is 12.7. The Morgan fingerprint density at radius 1 is 1.29 bits per heavy atom. The van der Waals surface area contributed by atoms with Crippen LogP contribution < -0.4 is 0 Å². The molecule has 0 saturated heterocycles. The van der Waals surface area contributed by atoms with Crippen LogP contribution in [0.2, 0.25) is 0 Å². The van der Waals surface area contributed by atoms with Crippen LogP contribution in [0.4, 0.5) is 0 Å². The molecule has 0 unspecified atom stereocenters. The average Bonchev–Trinajstić information content (AvgIpc) is 2.36. The number of aryl methyl sites for hydroxylation is 1. The molecule has 4 heteroatoms. The first-order valence-electron chi connectivity index (χ1n) is 5.63. The Morgan fingerprint density at radius 2 is 1.94 bits per heavy atom. The van der Waals surface area contributed by atoms with Crippen LogP contribution in [0, 0.1) is 0 Å². The van der Waals surface area contributed by atoms with Crippen LogP contribution >= 0.6 is 23.2 Å². The molecule has 0 aromatic heterocycles. The van der Waals surface area contributed by atoms with E-state index in [2.05, 4.69) is 0 Å². The van der Waals surface area contributed by atoms with Crippen LogP contribution in [-0.4, -0.2) is 23.3 Å². The Bertz CT molecular complexity index is 341. The summed E-state index contributed by atoms with van der Waals surface area (Å²) >= 11 is 12.0. The van der Waals surface area contributed by atoms with Crippen LogP contribution in [0.25, 0.3) is 0 Å². The van der Waals surface area contributed by atoms with E-state index in [4.69, 9.17) is 27.9 Å². The molecule has 94 valence electrons. The molecular weight excluding hydrogens is 259 g/mol. The van der Waals surface area contributed by atoms with Crippen molar-refractivity contribution in [3.8, 4) is 0 Å². The summed E-state index contributed by atoms with van der Waals surface area (Å²) in [6, 6.07) is 9.96. The maximum Gasteiger partial charge on any atom is 0.325 e. The molecule has 0 saturated carbocycles. The van der Waals surface area contributed by atoms with E-state index in [-0.39, 0.29) is 0 Å². The number of alkyl halides is 2. The molecule has 0 N–H and O–H groups in total. The van der Waals surface area contributed by atoms with Gasteiger partial charge in [-0.25, -0.2) is 0 Å². The summed E-state index contributed by atoms with van der Waals surface area (Å²) in [5.41, 5.74) is 1.19. The van der Waals surface area contributed by atoms with Crippen molar-refractivity contribution in [1.82, 2.24) is 0 Å². The number of hydrogen-bond donors (Lipinski definition) is 0. The smallest absolute Gasteiger partial charge is 0.325 e. The Kier molecular flexibility index (Phi) is 6.38. The standard InChI is InChI=1S/C13H16Cl2O2/c1-2-17-13(16)12(15)11(14)9-8-10-6-4-3-5-7-10/h3-7,11-12H,2,8-9H2,1H3/t11-,12-/m1/s1. The average molecular weight is 275 g/mol.